The number of β-amino-alcohol motifs (C(OH)–C–C–N with tert-alkyl or cyclic N) is 1. The topological polar surface area (TPSA) is 75.5 Å². The fourth-order valence-corrected chi connectivity index (χ4v) is 4.74. The molecule has 1 aromatic heterocycles. The predicted octanol–water partition coefficient (Wildman–Crippen LogP) is 2.36. The lowest BCUT2D eigenvalue weighted by Crippen LogP contribution is -2.45. The highest BCUT2D eigenvalue weighted by atomic mass is 16.5. The maximum atomic E-state index is 13.6. The summed E-state index contributed by atoms with van der Waals surface area (Å²) in [4.78, 5) is 23.9. The van der Waals surface area contributed by atoms with Crippen molar-refractivity contribution in [3.05, 3.63) is 54.1 Å². The van der Waals surface area contributed by atoms with Crippen molar-refractivity contribution in [2.45, 2.75) is 43.6 Å². The zero-order valence-electron chi connectivity index (χ0n) is 16.3. The van der Waals surface area contributed by atoms with Crippen molar-refractivity contribution in [3.8, 4) is 5.75 Å². The fraction of sp³-hybridized carbons (Fsp3) is 0.500. The van der Waals surface area contributed by atoms with Crippen molar-refractivity contribution in [1.82, 2.24) is 14.9 Å². The fourth-order valence-electron chi connectivity index (χ4n) is 4.74. The normalized spacial score (nSPS) is 23.7. The van der Waals surface area contributed by atoms with E-state index >= 15 is 0 Å². The zero-order valence-corrected chi connectivity index (χ0v) is 16.3. The summed E-state index contributed by atoms with van der Waals surface area (Å²) in [5.74, 6) is 0.941. The van der Waals surface area contributed by atoms with E-state index in [0.29, 0.717) is 19.5 Å². The molecule has 2 fully saturated rings. The van der Waals surface area contributed by atoms with Gasteiger partial charge in [0.1, 0.15) is 5.75 Å². The summed E-state index contributed by atoms with van der Waals surface area (Å²) in [6.45, 7) is 0.955. The smallest absolute Gasteiger partial charge is 0.233 e. The average Bonchev–Trinajstić information content (AvgIpc) is 3.37. The number of methoxy groups -OCH3 is 1. The van der Waals surface area contributed by atoms with Gasteiger partial charge in [-0.1, -0.05) is 25.0 Å². The Morgan fingerprint density at radius 1 is 1.21 bits per heavy atom. The molecule has 0 radical (unpaired) electrons. The van der Waals surface area contributed by atoms with Gasteiger partial charge in [0, 0.05) is 37.6 Å². The van der Waals surface area contributed by atoms with Crippen molar-refractivity contribution in [1.29, 1.82) is 0 Å². The molecule has 2 aliphatic rings. The Morgan fingerprint density at radius 3 is 2.61 bits per heavy atom. The Kier molecular flexibility index (Phi) is 5.31. The van der Waals surface area contributed by atoms with Crippen molar-refractivity contribution in [2.75, 3.05) is 20.2 Å². The van der Waals surface area contributed by atoms with Crippen molar-refractivity contribution in [2.24, 2.45) is 5.92 Å². The first-order valence-corrected chi connectivity index (χ1v) is 9.99. The molecule has 1 amide bonds. The summed E-state index contributed by atoms with van der Waals surface area (Å²) >= 11 is 0. The molecule has 1 N–H and O–H groups in total. The van der Waals surface area contributed by atoms with Gasteiger partial charge in [0.05, 0.1) is 24.3 Å². The van der Waals surface area contributed by atoms with E-state index in [9.17, 15) is 9.90 Å². The van der Waals surface area contributed by atoms with Crippen LogP contribution >= 0.6 is 0 Å². The van der Waals surface area contributed by atoms with Gasteiger partial charge in [-0.2, -0.15) is 0 Å². The molecule has 6 nitrogen and oxygen atoms in total. The molecule has 4 rings (SSSR count). The quantitative estimate of drug-likeness (QED) is 0.861. The van der Waals surface area contributed by atoms with Crippen LogP contribution in [0.4, 0.5) is 0 Å². The van der Waals surface area contributed by atoms with Gasteiger partial charge in [-0.15, -0.1) is 0 Å². The van der Waals surface area contributed by atoms with Crippen LogP contribution in [0.2, 0.25) is 0 Å². The average molecular weight is 381 g/mol. The Hall–Kier alpha value is -2.47. The van der Waals surface area contributed by atoms with E-state index < -0.39 is 11.5 Å². The van der Waals surface area contributed by atoms with Crippen molar-refractivity contribution >= 4 is 5.91 Å². The lowest BCUT2D eigenvalue weighted by Gasteiger charge is -2.33. The molecule has 28 heavy (non-hydrogen) atoms. The Morgan fingerprint density at radius 2 is 1.96 bits per heavy atom. The molecule has 2 aromatic rings. The molecule has 1 saturated heterocycles. The minimum absolute atomic E-state index is 0.00466. The Balaban J connectivity index is 1.53. The molecule has 1 aliphatic carbocycles. The van der Waals surface area contributed by atoms with Gasteiger partial charge < -0.3 is 14.7 Å². The summed E-state index contributed by atoms with van der Waals surface area (Å²) in [5.41, 5.74) is 1.43. The highest BCUT2D eigenvalue weighted by Gasteiger charge is 2.47. The zero-order chi connectivity index (χ0) is 19.6. The van der Waals surface area contributed by atoms with Crippen LogP contribution in [-0.4, -0.2) is 52.2 Å². The number of rotatable bonds is 5. The third-order valence-electron chi connectivity index (χ3n) is 6.29. The number of carbonyl (C=O) groups is 1. The SMILES string of the molecule is COc1ccc(C2(C(=O)N3C[C@@H](Cc4cnccn4)[C@H](O)C3)CCCC2)cc1. The summed E-state index contributed by atoms with van der Waals surface area (Å²) in [6, 6.07) is 7.90. The molecule has 0 spiro atoms. The third-order valence-corrected chi connectivity index (χ3v) is 6.29. The minimum atomic E-state index is -0.528. The number of carbonyl (C=O) groups excluding carboxylic acids is 1. The molecule has 2 heterocycles. The van der Waals surface area contributed by atoms with Gasteiger partial charge in [0.25, 0.3) is 0 Å². The molecule has 0 bridgehead atoms. The molecule has 0 unspecified atom stereocenters. The van der Waals surface area contributed by atoms with Crippen molar-refractivity contribution in [3.63, 3.8) is 0 Å². The summed E-state index contributed by atoms with van der Waals surface area (Å²) in [5, 5.41) is 10.6. The predicted molar refractivity (Wildman–Crippen MR) is 105 cm³/mol. The van der Waals surface area contributed by atoms with Gasteiger partial charge >= 0.3 is 0 Å². The van der Waals surface area contributed by atoms with Gasteiger partial charge in [-0.25, -0.2) is 0 Å². The van der Waals surface area contributed by atoms with E-state index in [1.807, 2.05) is 29.2 Å². The van der Waals surface area contributed by atoms with E-state index in [1.54, 1.807) is 25.7 Å². The summed E-state index contributed by atoms with van der Waals surface area (Å²) in [6.07, 6.45) is 8.97. The standard InChI is InChI=1S/C22H27N3O3/c1-28-19-6-4-17(5-7-19)22(8-2-3-9-22)21(27)25-14-16(20(26)15-25)12-18-13-23-10-11-24-18/h4-7,10-11,13,16,20,26H,2-3,8-9,12,14-15H2,1H3/t16-,20-/m1/s1. The number of aromatic nitrogens is 2. The van der Waals surface area contributed by atoms with E-state index in [-0.39, 0.29) is 11.8 Å². The molecule has 1 saturated carbocycles. The number of hydrogen-bond donors (Lipinski definition) is 1. The molecule has 1 aliphatic heterocycles. The first-order valence-electron chi connectivity index (χ1n) is 9.99. The van der Waals surface area contributed by atoms with Crippen molar-refractivity contribution < 1.29 is 14.6 Å². The molecular weight excluding hydrogens is 354 g/mol. The lowest BCUT2D eigenvalue weighted by molar-refractivity contribution is -0.136. The van der Waals surface area contributed by atoms with E-state index in [1.165, 1.54) is 0 Å². The summed E-state index contributed by atoms with van der Waals surface area (Å²) < 4.78 is 5.27. The third kappa shape index (κ3) is 3.49. The van der Waals surface area contributed by atoms with Gasteiger partial charge in [-0.05, 0) is 37.0 Å². The molecule has 148 valence electrons. The molecule has 2 atom stereocenters. The first-order chi connectivity index (χ1) is 13.6. The Bertz CT molecular complexity index is 804. The number of hydrogen-bond acceptors (Lipinski definition) is 5. The second-order valence-electron chi connectivity index (χ2n) is 7.96. The number of likely N-dealkylation sites (tertiary alicyclic amines) is 1. The molecule has 1 aromatic carbocycles. The number of ether oxygens (including phenoxy) is 1. The first kappa shape index (κ1) is 18.9. The molecule has 6 heteroatoms. The monoisotopic (exact) mass is 381 g/mol. The second kappa shape index (κ2) is 7.87. The lowest BCUT2D eigenvalue weighted by atomic mass is 9.77. The van der Waals surface area contributed by atoms with E-state index in [4.69, 9.17) is 4.74 Å². The van der Waals surface area contributed by atoms with E-state index in [0.717, 1.165) is 42.7 Å². The van der Waals surface area contributed by atoms with Crippen LogP contribution in [-0.2, 0) is 16.6 Å². The van der Waals surface area contributed by atoms with E-state index in [2.05, 4.69) is 9.97 Å². The maximum Gasteiger partial charge on any atom is 0.233 e. The second-order valence-corrected chi connectivity index (χ2v) is 7.96. The largest absolute Gasteiger partial charge is 0.497 e. The van der Waals surface area contributed by atoms with Crippen LogP contribution in [0.15, 0.2) is 42.9 Å². The number of aliphatic hydroxyl groups excluding tert-OH is 1. The minimum Gasteiger partial charge on any atom is -0.497 e. The highest BCUT2D eigenvalue weighted by molar-refractivity contribution is 5.89. The number of benzene rings is 1. The van der Waals surface area contributed by atoms with Crippen LogP contribution in [0, 0.1) is 5.92 Å². The number of nitrogens with zero attached hydrogens (tertiary/aromatic N) is 3. The van der Waals surface area contributed by atoms with Gasteiger partial charge in [0.15, 0.2) is 0 Å². The van der Waals surface area contributed by atoms with Crippen LogP contribution < -0.4 is 4.74 Å². The van der Waals surface area contributed by atoms with Crippen LogP contribution in [0.5, 0.6) is 5.75 Å². The number of aliphatic hydroxyl groups is 1. The highest BCUT2D eigenvalue weighted by Crippen LogP contribution is 2.44. The maximum absolute atomic E-state index is 13.6. The Labute approximate surface area is 165 Å². The van der Waals surface area contributed by atoms with Gasteiger partial charge in [-0.3, -0.25) is 14.8 Å². The summed E-state index contributed by atoms with van der Waals surface area (Å²) in [7, 11) is 1.65. The van der Waals surface area contributed by atoms with Crippen LogP contribution in [0.1, 0.15) is 36.9 Å². The van der Waals surface area contributed by atoms with Crippen LogP contribution in [0.3, 0.4) is 0 Å². The van der Waals surface area contributed by atoms with Crippen LogP contribution in [0.25, 0.3) is 0 Å². The number of amides is 1. The molecular formula is C22H27N3O3. The van der Waals surface area contributed by atoms with Gasteiger partial charge in [0.2, 0.25) is 5.91 Å².